The summed E-state index contributed by atoms with van der Waals surface area (Å²) in [5.41, 5.74) is 0.0191. The molecule has 0 fully saturated rings. The quantitative estimate of drug-likeness (QED) is 0.718. The molecule has 0 spiro atoms. The highest BCUT2D eigenvalue weighted by Crippen LogP contribution is 2.26. The summed E-state index contributed by atoms with van der Waals surface area (Å²) in [7, 11) is 0. The molecule has 0 aliphatic heterocycles. The van der Waals surface area contributed by atoms with Crippen molar-refractivity contribution in [2.24, 2.45) is 0 Å². The van der Waals surface area contributed by atoms with Crippen LogP contribution in [0, 0.1) is 0 Å². The molecule has 0 bridgehead atoms. The van der Waals surface area contributed by atoms with Crippen LogP contribution in [0.5, 0.6) is 5.75 Å². The minimum atomic E-state index is -1.11. The average Bonchev–Trinajstić information content (AvgIpc) is 3.13. The molecule has 1 amide bonds. The number of carboxylic acids is 1. The highest BCUT2D eigenvalue weighted by molar-refractivity contribution is 5.97. The number of hydrogen-bond donors (Lipinski definition) is 2. The number of carbonyl (C=O) groups is 2. The SMILES string of the molecule is CC(NC(=O)COc1cc2ccccc2cc1C(=O)O)c1ccco1. The fraction of sp³-hybridized carbons (Fsp3) is 0.158. The fourth-order valence-electron chi connectivity index (χ4n) is 2.54. The summed E-state index contributed by atoms with van der Waals surface area (Å²) in [6.45, 7) is 1.50. The zero-order valence-corrected chi connectivity index (χ0v) is 13.6. The van der Waals surface area contributed by atoms with E-state index in [1.165, 1.54) is 12.3 Å². The third-order valence-electron chi connectivity index (χ3n) is 3.78. The summed E-state index contributed by atoms with van der Waals surface area (Å²) in [4.78, 5) is 23.5. The summed E-state index contributed by atoms with van der Waals surface area (Å²) in [6, 6.07) is 13.7. The van der Waals surface area contributed by atoms with Crippen LogP contribution in [0.2, 0.25) is 0 Å². The summed E-state index contributed by atoms with van der Waals surface area (Å²) in [5, 5.41) is 13.7. The Hall–Kier alpha value is -3.28. The number of rotatable bonds is 6. The smallest absolute Gasteiger partial charge is 0.339 e. The van der Waals surface area contributed by atoms with Crippen molar-refractivity contribution in [3.63, 3.8) is 0 Å². The zero-order valence-electron chi connectivity index (χ0n) is 13.6. The number of ether oxygens (including phenoxy) is 1. The molecule has 3 aromatic rings. The van der Waals surface area contributed by atoms with Gasteiger partial charge in [-0.3, -0.25) is 4.79 Å². The second kappa shape index (κ2) is 7.09. The van der Waals surface area contributed by atoms with Crippen molar-refractivity contribution in [2.75, 3.05) is 6.61 Å². The van der Waals surface area contributed by atoms with Gasteiger partial charge in [0.2, 0.25) is 0 Å². The largest absolute Gasteiger partial charge is 0.483 e. The summed E-state index contributed by atoms with van der Waals surface area (Å²) >= 11 is 0. The van der Waals surface area contributed by atoms with Crippen molar-refractivity contribution in [3.8, 4) is 5.75 Å². The Bertz CT molecular complexity index is 901. The van der Waals surface area contributed by atoms with Crippen molar-refractivity contribution in [1.82, 2.24) is 5.32 Å². The normalized spacial score (nSPS) is 11.9. The molecule has 0 aliphatic carbocycles. The highest BCUT2D eigenvalue weighted by atomic mass is 16.5. The van der Waals surface area contributed by atoms with Gasteiger partial charge in [0, 0.05) is 0 Å². The van der Waals surface area contributed by atoms with E-state index in [0.29, 0.717) is 5.76 Å². The first kappa shape index (κ1) is 16.6. The first-order chi connectivity index (χ1) is 12.0. The zero-order chi connectivity index (χ0) is 17.8. The Kier molecular flexibility index (Phi) is 4.70. The molecule has 25 heavy (non-hydrogen) atoms. The molecular formula is C19H17NO5. The number of furan rings is 1. The fourth-order valence-corrected chi connectivity index (χ4v) is 2.54. The first-order valence-electron chi connectivity index (χ1n) is 7.76. The number of nitrogens with one attached hydrogen (secondary N) is 1. The van der Waals surface area contributed by atoms with Gasteiger partial charge in [0.05, 0.1) is 12.3 Å². The van der Waals surface area contributed by atoms with Gasteiger partial charge in [-0.15, -0.1) is 0 Å². The summed E-state index contributed by atoms with van der Waals surface area (Å²) in [6.07, 6.45) is 1.53. The molecule has 2 N–H and O–H groups in total. The lowest BCUT2D eigenvalue weighted by molar-refractivity contribution is -0.123. The number of fused-ring (bicyclic) bond motifs is 1. The van der Waals surface area contributed by atoms with Crippen LogP contribution < -0.4 is 10.1 Å². The number of hydrogen-bond acceptors (Lipinski definition) is 4. The third-order valence-corrected chi connectivity index (χ3v) is 3.78. The molecule has 1 unspecified atom stereocenters. The lowest BCUT2D eigenvalue weighted by Gasteiger charge is -2.13. The second-order valence-electron chi connectivity index (χ2n) is 5.59. The Morgan fingerprint density at radius 3 is 2.52 bits per heavy atom. The summed E-state index contributed by atoms with van der Waals surface area (Å²) < 4.78 is 10.7. The number of benzene rings is 2. The first-order valence-corrected chi connectivity index (χ1v) is 7.76. The van der Waals surface area contributed by atoms with Crippen molar-refractivity contribution in [1.29, 1.82) is 0 Å². The molecule has 0 aliphatic rings. The minimum Gasteiger partial charge on any atom is -0.483 e. The monoisotopic (exact) mass is 339 g/mol. The lowest BCUT2D eigenvalue weighted by atomic mass is 10.1. The van der Waals surface area contributed by atoms with Crippen LogP contribution in [0.15, 0.2) is 59.2 Å². The van der Waals surface area contributed by atoms with Gasteiger partial charge in [-0.25, -0.2) is 4.79 Å². The van der Waals surface area contributed by atoms with E-state index >= 15 is 0 Å². The van der Waals surface area contributed by atoms with Crippen molar-refractivity contribution in [2.45, 2.75) is 13.0 Å². The molecule has 3 rings (SSSR count). The number of carboxylic acid groups (broad SMARTS) is 1. The van der Waals surface area contributed by atoms with E-state index in [1.807, 2.05) is 24.3 Å². The minimum absolute atomic E-state index is 0.0191. The van der Waals surface area contributed by atoms with Gasteiger partial charge in [-0.1, -0.05) is 24.3 Å². The maximum absolute atomic E-state index is 12.0. The molecule has 6 heteroatoms. The molecule has 2 aromatic carbocycles. The Morgan fingerprint density at radius 1 is 1.16 bits per heavy atom. The van der Waals surface area contributed by atoms with Gasteiger partial charge in [0.1, 0.15) is 17.1 Å². The molecular weight excluding hydrogens is 322 g/mol. The Balaban J connectivity index is 1.72. The van der Waals surface area contributed by atoms with E-state index in [9.17, 15) is 14.7 Å². The van der Waals surface area contributed by atoms with E-state index in [1.54, 1.807) is 25.1 Å². The van der Waals surface area contributed by atoms with E-state index < -0.39 is 5.97 Å². The molecule has 1 heterocycles. The van der Waals surface area contributed by atoms with E-state index in [4.69, 9.17) is 9.15 Å². The predicted molar refractivity (Wildman–Crippen MR) is 91.7 cm³/mol. The van der Waals surface area contributed by atoms with Gasteiger partial charge in [0.15, 0.2) is 6.61 Å². The van der Waals surface area contributed by atoms with Gasteiger partial charge in [-0.05, 0) is 42.0 Å². The standard InChI is InChI=1S/C19H17NO5/c1-12(16-7-4-8-24-16)20-18(21)11-25-17-10-14-6-3-2-5-13(14)9-15(17)19(22)23/h2-10,12H,11H2,1H3,(H,20,21)(H,22,23). The van der Waals surface area contributed by atoms with Crippen molar-refractivity contribution in [3.05, 3.63) is 66.1 Å². The van der Waals surface area contributed by atoms with Crippen LogP contribution in [-0.2, 0) is 4.79 Å². The maximum atomic E-state index is 12.0. The Labute approximate surface area is 144 Å². The van der Waals surface area contributed by atoms with Gasteiger partial charge < -0.3 is 19.6 Å². The maximum Gasteiger partial charge on any atom is 0.339 e. The molecule has 0 radical (unpaired) electrons. The lowest BCUT2D eigenvalue weighted by Crippen LogP contribution is -2.31. The van der Waals surface area contributed by atoms with Gasteiger partial charge in [-0.2, -0.15) is 0 Å². The van der Waals surface area contributed by atoms with Crippen molar-refractivity contribution >= 4 is 22.6 Å². The number of amides is 1. The molecule has 128 valence electrons. The predicted octanol–water partition coefficient (Wildman–Crippen LogP) is 3.39. The van der Waals surface area contributed by atoms with Gasteiger partial charge >= 0.3 is 5.97 Å². The molecule has 0 saturated heterocycles. The van der Waals surface area contributed by atoms with Gasteiger partial charge in [0.25, 0.3) is 5.91 Å². The molecule has 1 atom stereocenters. The molecule has 1 aromatic heterocycles. The van der Waals surface area contributed by atoms with Crippen LogP contribution in [-0.4, -0.2) is 23.6 Å². The van der Waals surface area contributed by atoms with Crippen LogP contribution >= 0.6 is 0 Å². The third kappa shape index (κ3) is 3.80. The second-order valence-corrected chi connectivity index (χ2v) is 5.59. The topological polar surface area (TPSA) is 88.8 Å². The van der Waals surface area contributed by atoms with E-state index in [-0.39, 0.29) is 29.9 Å². The van der Waals surface area contributed by atoms with E-state index in [0.717, 1.165) is 10.8 Å². The Morgan fingerprint density at radius 2 is 1.88 bits per heavy atom. The summed E-state index contributed by atoms with van der Waals surface area (Å²) in [5.74, 6) is -0.684. The highest BCUT2D eigenvalue weighted by Gasteiger charge is 2.16. The molecule has 6 nitrogen and oxygen atoms in total. The van der Waals surface area contributed by atoms with Crippen LogP contribution in [0.4, 0.5) is 0 Å². The number of aromatic carboxylic acids is 1. The molecule has 0 saturated carbocycles. The van der Waals surface area contributed by atoms with Crippen LogP contribution in [0.1, 0.15) is 29.1 Å². The van der Waals surface area contributed by atoms with Crippen LogP contribution in [0.3, 0.4) is 0 Å². The van der Waals surface area contributed by atoms with E-state index in [2.05, 4.69) is 5.32 Å². The number of carbonyl (C=O) groups excluding carboxylic acids is 1. The van der Waals surface area contributed by atoms with Crippen LogP contribution in [0.25, 0.3) is 10.8 Å². The average molecular weight is 339 g/mol. The van der Waals surface area contributed by atoms with Crippen molar-refractivity contribution < 1.29 is 23.8 Å².